The van der Waals surface area contributed by atoms with Crippen LogP contribution in [0.2, 0.25) is 5.02 Å². The van der Waals surface area contributed by atoms with Crippen molar-refractivity contribution in [3.8, 4) is 0 Å². The van der Waals surface area contributed by atoms with Gasteiger partial charge in [0.15, 0.2) is 0 Å². The Morgan fingerprint density at radius 2 is 1.94 bits per heavy atom. The number of halogens is 3. The van der Waals surface area contributed by atoms with Gasteiger partial charge in [-0.25, -0.2) is 0 Å². The predicted octanol–water partition coefficient (Wildman–Crippen LogP) is 4.95. The fourth-order valence-corrected chi connectivity index (χ4v) is 3.08. The molecule has 2 aromatic carbocycles. The number of hydrogen-bond acceptors (Lipinski definition) is 1. The van der Waals surface area contributed by atoms with Crippen molar-refractivity contribution in [2.24, 2.45) is 5.73 Å². The van der Waals surface area contributed by atoms with Crippen LogP contribution in [0.1, 0.15) is 17.2 Å². The predicted molar refractivity (Wildman–Crippen MR) is 88.9 cm³/mol. The van der Waals surface area contributed by atoms with Gasteiger partial charge < -0.3 is 5.73 Å². The van der Waals surface area contributed by atoms with Crippen LogP contribution in [0, 0.1) is 3.57 Å². The summed E-state index contributed by atoms with van der Waals surface area (Å²) in [5.41, 5.74) is 8.47. The summed E-state index contributed by atoms with van der Waals surface area (Å²) >= 11 is 12.0. The lowest BCUT2D eigenvalue weighted by Gasteiger charge is -2.15. The second-order valence-corrected chi connectivity index (χ2v) is 6.58. The summed E-state index contributed by atoms with van der Waals surface area (Å²) < 4.78 is 2.22. The molecule has 0 heterocycles. The number of nitrogens with two attached hydrogens (primary N) is 1. The third-order valence-corrected chi connectivity index (χ3v) is 4.52. The van der Waals surface area contributed by atoms with Crippen LogP contribution in [-0.4, -0.2) is 0 Å². The topological polar surface area (TPSA) is 26.0 Å². The van der Waals surface area contributed by atoms with Crippen LogP contribution < -0.4 is 5.73 Å². The van der Waals surface area contributed by atoms with Gasteiger partial charge in [0.25, 0.3) is 0 Å². The maximum absolute atomic E-state index is 6.27. The lowest BCUT2D eigenvalue weighted by molar-refractivity contribution is 0.718. The van der Waals surface area contributed by atoms with E-state index in [0.29, 0.717) is 0 Å². The minimum absolute atomic E-state index is 0.0611. The van der Waals surface area contributed by atoms with Crippen molar-refractivity contribution < 1.29 is 0 Å². The summed E-state index contributed by atoms with van der Waals surface area (Å²) in [7, 11) is 0. The molecule has 18 heavy (non-hydrogen) atoms. The smallest absolute Gasteiger partial charge is 0.0438 e. The molecule has 0 fully saturated rings. The van der Waals surface area contributed by atoms with E-state index in [2.05, 4.69) is 50.7 Å². The minimum atomic E-state index is -0.0611. The molecule has 0 bridgehead atoms. The quantitative estimate of drug-likeness (QED) is 0.677. The molecule has 0 aliphatic rings. The molecule has 1 atom stereocenters. The molecule has 0 spiro atoms. The van der Waals surface area contributed by atoms with Gasteiger partial charge in [0.2, 0.25) is 0 Å². The molecule has 1 unspecified atom stereocenters. The van der Waals surface area contributed by atoms with Gasteiger partial charge in [0, 0.05) is 19.1 Å². The summed E-state index contributed by atoms with van der Waals surface area (Å²) in [6.45, 7) is 0. The lowest BCUT2D eigenvalue weighted by Crippen LogP contribution is -2.14. The summed E-state index contributed by atoms with van der Waals surface area (Å²) in [6.07, 6.45) is 0.734. The SMILES string of the molecule is NC(Cc1ccccc1Cl)c1cc(I)ccc1Br. The van der Waals surface area contributed by atoms with Crippen molar-refractivity contribution in [2.75, 3.05) is 0 Å². The van der Waals surface area contributed by atoms with E-state index in [-0.39, 0.29) is 6.04 Å². The Bertz CT molecular complexity index is 559. The fraction of sp³-hybridized carbons (Fsp3) is 0.143. The molecule has 2 rings (SSSR count). The van der Waals surface area contributed by atoms with E-state index in [1.165, 1.54) is 3.57 Å². The van der Waals surface area contributed by atoms with Crippen molar-refractivity contribution in [3.05, 3.63) is 66.7 Å². The zero-order chi connectivity index (χ0) is 13.1. The highest BCUT2D eigenvalue weighted by Crippen LogP contribution is 2.28. The molecule has 0 aliphatic heterocycles. The van der Waals surface area contributed by atoms with Crippen molar-refractivity contribution >= 4 is 50.1 Å². The average molecular weight is 437 g/mol. The zero-order valence-electron chi connectivity index (χ0n) is 9.54. The minimum Gasteiger partial charge on any atom is -0.324 e. The third kappa shape index (κ3) is 3.47. The summed E-state index contributed by atoms with van der Waals surface area (Å²) in [6, 6.07) is 14.0. The van der Waals surface area contributed by atoms with Gasteiger partial charge in [-0.3, -0.25) is 0 Å². The highest BCUT2D eigenvalue weighted by molar-refractivity contribution is 14.1. The number of rotatable bonds is 3. The first-order chi connectivity index (χ1) is 8.58. The normalized spacial score (nSPS) is 12.4. The molecule has 0 aliphatic carbocycles. The Morgan fingerprint density at radius 1 is 1.22 bits per heavy atom. The van der Waals surface area contributed by atoms with Gasteiger partial charge in [0.1, 0.15) is 0 Å². The lowest BCUT2D eigenvalue weighted by atomic mass is 10.00. The molecule has 4 heteroatoms. The Labute approximate surface area is 134 Å². The molecule has 0 radical (unpaired) electrons. The highest BCUT2D eigenvalue weighted by atomic mass is 127. The number of benzene rings is 2. The second kappa shape index (κ2) is 6.37. The zero-order valence-corrected chi connectivity index (χ0v) is 14.0. The van der Waals surface area contributed by atoms with Crippen molar-refractivity contribution in [2.45, 2.75) is 12.5 Å². The molecule has 0 amide bonds. The van der Waals surface area contributed by atoms with Crippen LogP contribution in [0.5, 0.6) is 0 Å². The summed E-state index contributed by atoms with van der Waals surface area (Å²) in [4.78, 5) is 0. The van der Waals surface area contributed by atoms with Gasteiger partial charge >= 0.3 is 0 Å². The monoisotopic (exact) mass is 435 g/mol. The molecule has 0 saturated carbocycles. The molecular weight excluding hydrogens is 424 g/mol. The first-order valence-corrected chi connectivity index (χ1v) is 7.77. The maximum atomic E-state index is 6.27. The van der Waals surface area contributed by atoms with E-state index in [9.17, 15) is 0 Å². The van der Waals surface area contributed by atoms with E-state index in [4.69, 9.17) is 17.3 Å². The molecule has 0 saturated heterocycles. The highest BCUT2D eigenvalue weighted by Gasteiger charge is 2.12. The van der Waals surface area contributed by atoms with Crippen LogP contribution in [-0.2, 0) is 6.42 Å². The van der Waals surface area contributed by atoms with E-state index >= 15 is 0 Å². The molecular formula is C14H12BrClIN. The maximum Gasteiger partial charge on any atom is 0.0438 e. The van der Waals surface area contributed by atoms with Gasteiger partial charge in [-0.2, -0.15) is 0 Å². The van der Waals surface area contributed by atoms with Crippen LogP contribution >= 0.6 is 50.1 Å². The van der Waals surface area contributed by atoms with Crippen LogP contribution in [0.4, 0.5) is 0 Å². The molecule has 0 aromatic heterocycles. The number of hydrogen-bond donors (Lipinski definition) is 1. The van der Waals surface area contributed by atoms with Crippen molar-refractivity contribution in [1.29, 1.82) is 0 Å². The van der Waals surface area contributed by atoms with Crippen LogP contribution in [0.25, 0.3) is 0 Å². The Balaban J connectivity index is 2.25. The Morgan fingerprint density at radius 3 is 2.67 bits per heavy atom. The molecule has 94 valence electrons. The first-order valence-electron chi connectivity index (χ1n) is 5.52. The Hall–Kier alpha value is -0.100. The van der Waals surface area contributed by atoms with Gasteiger partial charge in [-0.1, -0.05) is 45.7 Å². The second-order valence-electron chi connectivity index (χ2n) is 4.07. The first kappa shape index (κ1) is 14.3. The molecule has 2 aromatic rings. The molecule has 2 N–H and O–H groups in total. The average Bonchev–Trinajstić information content (AvgIpc) is 2.35. The standard InChI is InChI=1S/C14H12BrClIN/c15-12-6-5-10(17)8-11(12)14(18)7-9-3-1-2-4-13(9)16/h1-6,8,14H,7,18H2. The summed E-state index contributed by atoms with van der Waals surface area (Å²) in [5, 5.41) is 0.773. The van der Waals surface area contributed by atoms with E-state index in [1.54, 1.807) is 0 Å². The van der Waals surface area contributed by atoms with Crippen molar-refractivity contribution in [3.63, 3.8) is 0 Å². The third-order valence-electron chi connectivity index (χ3n) is 2.76. The van der Waals surface area contributed by atoms with Crippen LogP contribution in [0.3, 0.4) is 0 Å². The van der Waals surface area contributed by atoms with Gasteiger partial charge in [0.05, 0.1) is 0 Å². The van der Waals surface area contributed by atoms with E-state index < -0.39 is 0 Å². The van der Waals surface area contributed by atoms with Gasteiger partial charge in [-0.15, -0.1) is 0 Å². The van der Waals surface area contributed by atoms with E-state index in [0.717, 1.165) is 27.0 Å². The largest absolute Gasteiger partial charge is 0.324 e. The Kier molecular flexibility index (Phi) is 5.06. The summed E-state index contributed by atoms with van der Waals surface area (Å²) in [5.74, 6) is 0. The fourth-order valence-electron chi connectivity index (χ4n) is 1.81. The van der Waals surface area contributed by atoms with E-state index in [1.807, 2.05) is 30.3 Å². The van der Waals surface area contributed by atoms with Crippen LogP contribution in [0.15, 0.2) is 46.9 Å². The van der Waals surface area contributed by atoms with Crippen molar-refractivity contribution in [1.82, 2.24) is 0 Å². The molecule has 1 nitrogen and oxygen atoms in total. The van der Waals surface area contributed by atoms with Gasteiger partial charge in [-0.05, 0) is 64.4 Å².